The van der Waals surface area contributed by atoms with Gasteiger partial charge in [-0.15, -0.1) is 0 Å². The number of rotatable bonds is 6. The Labute approximate surface area is 120 Å². The number of carbonyl (C=O) groups is 1. The molecule has 0 heterocycles. The van der Waals surface area contributed by atoms with Gasteiger partial charge in [0.1, 0.15) is 0 Å². The Morgan fingerprint density at radius 3 is 2.74 bits per heavy atom. The standard InChI is InChI=1S/C15H23ClN2O/c1-4-15(3,10-17)14(19)18-11(2)8-12-6-5-7-13(16)9-12/h5-7,9,11H,4,8,10,17H2,1-3H3,(H,18,19). The molecule has 0 saturated heterocycles. The summed E-state index contributed by atoms with van der Waals surface area (Å²) < 4.78 is 0. The number of hydrogen-bond acceptors (Lipinski definition) is 2. The summed E-state index contributed by atoms with van der Waals surface area (Å²) in [4.78, 5) is 12.2. The number of halogens is 1. The first kappa shape index (κ1) is 16.0. The summed E-state index contributed by atoms with van der Waals surface area (Å²) in [5.74, 6) is 0.0204. The van der Waals surface area contributed by atoms with Crippen molar-refractivity contribution in [1.82, 2.24) is 5.32 Å². The van der Waals surface area contributed by atoms with Crippen LogP contribution in [0, 0.1) is 5.41 Å². The van der Waals surface area contributed by atoms with Gasteiger partial charge in [0.05, 0.1) is 5.41 Å². The maximum Gasteiger partial charge on any atom is 0.227 e. The number of carbonyl (C=O) groups excluding carboxylic acids is 1. The molecule has 1 aromatic carbocycles. The van der Waals surface area contributed by atoms with Crippen LogP contribution in [0.15, 0.2) is 24.3 Å². The lowest BCUT2D eigenvalue weighted by Crippen LogP contribution is -2.47. The minimum absolute atomic E-state index is 0.0204. The maximum absolute atomic E-state index is 12.2. The molecule has 1 rings (SSSR count). The number of amides is 1. The minimum atomic E-state index is -0.484. The average molecular weight is 283 g/mol. The molecule has 3 N–H and O–H groups in total. The number of benzene rings is 1. The van der Waals surface area contributed by atoms with Crippen molar-refractivity contribution in [3.05, 3.63) is 34.9 Å². The van der Waals surface area contributed by atoms with Crippen LogP contribution < -0.4 is 11.1 Å². The van der Waals surface area contributed by atoms with E-state index in [9.17, 15) is 4.79 Å². The lowest BCUT2D eigenvalue weighted by Gasteiger charge is -2.27. The van der Waals surface area contributed by atoms with E-state index in [0.717, 1.165) is 23.4 Å². The molecule has 1 amide bonds. The van der Waals surface area contributed by atoms with Crippen LogP contribution in [-0.4, -0.2) is 18.5 Å². The van der Waals surface area contributed by atoms with Crippen molar-refractivity contribution in [2.45, 2.75) is 39.7 Å². The Hall–Kier alpha value is -1.06. The van der Waals surface area contributed by atoms with E-state index in [-0.39, 0.29) is 11.9 Å². The molecule has 106 valence electrons. The van der Waals surface area contributed by atoms with Crippen molar-refractivity contribution in [3.8, 4) is 0 Å². The molecule has 0 radical (unpaired) electrons. The van der Waals surface area contributed by atoms with Crippen LogP contribution >= 0.6 is 11.6 Å². The largest absolute Gasteiger partial charge is 0.353 e. The van der Waals surface area contributed by atoms with Gasteiger partial charge in [0, 0.05) is 17.6 Å². The first-order chi connectivity index (χ1) is 8.91. The molecule has 2 unspecified atom stereocenters. The van der Waals surface area contributed by atoms with Crippen LogP contribution in [0.4, 0.5) is 0 Å². The fourth-order valence-electron chi connectivity index (χ4n) is 1.86. The summed E-state index contributed by atoms with van der Waals surface area (Å²) in [6.45, 7) is 6.23. The van der Waals surface area contributed by atoms with Crippen molar-refractivity contribution in [2.75, 3.05) is 6.54 Å². The molecule has 3 nitrogen and oxygen atoms in total. The quantitative estimate of drug-likeness (QED) is 0.843. The monoisotopic (exact) mass is 282 g/mol. The fraction of sp³-hybridized carbons (Fsp3) is 0.533. The molecule has 0 aliphatic carbocycles. The van der Waals surface area contributed by atoms with E-state index in [1.807, 2.05) is 45.0 Å². The van der Waals surface area contributed by atoms with Crippen molar-refractivity contribution >= 4 is 17.5 Å². The van der Waals surface area contributed by atoms with Gasteiger partial charge in [0.2, 0.25) is 5.91 Å². The molecule has 4 heteroatoms. The van der Waals surface area contributed by atoms with E-state index in [2.05, 4.69) is 5.32 Å². The Kier molecular flexibility index (Phi) is 5.83. The first-order valence-electron chi connectivity index (χ1n) is 6.66. The van der Waals surface area contributed by atoms with Gasteiger partial charge >= 0.3 is 0 Å². The van der Waals surface area contributed by atoms with E-state index in [1.54, 1.807) is 0 Å². The molecule has 0 saturated carbocycles. The van der Waals surface area contributed by atoms with Gasteiger partial charge < -0.3 is 11.1 Å². The maximum atomic E-state index is 12.2. The number of nitrogens with two attached hydrogens (primary N) is 1. The third-order valence-electron chi connectivity index (χ3n) is 3.59. The zero-order valence-electron chi connectivity index (χ0n) is 11.9. The summed E-state index contributed by atoms with van der Waals surface area (Å²) in [6, 6.07) is 7.75. The first-order valence-corrected chi connectivity index (χ1v) is 7.04. The fourth-order valence-corrected chi connectivity index (χ4v) is 2.08. The zero-order valence-corrected chi connectivity index (χ0v) is 12.6. The molecule has 1 aromatic rings. The molecule has 19 heavy (non-hydrogen) atoms. The SMILES string of the molecule is CCC(C)(CN)C(=O)NC(C)Cc1cccc(Cl)c1. The molecule has 0 aliphatic heterocycles. The van der Waals surface area contributed by atoms with Crippen LogP contribution in [0.3, 0.4) is 0 Å². The van der Waals surface area contributed by atoms with Gasteiger partial charge in [0.15, 0.2) is 0 Å². The summed E-state index contributed by atoms with van der Waals surface area (Å²) >= 11 is 5.95. The third kappa shape index (κ3) is 4.51. The predicted octanol–water partition coefficient (Wildman–Crippen LogP) is 2.76. The van der Waals surface area contributed by atoms with Crippen molar-refractivity contribution < 1.29 is 4.79 Å². The van der Waals surface area contributed by atoms with Gasteiger partial charge in [-0.05, 0) is 44.4 Å². The van der Waals surface area contributed by atoms with E-state index >= 15 is 0 Å². The number of nitrogens with one attached hydrogen (secondary N) is 1. The lowest BCUT2D eigenvalue weighted by atomic mass is 9.86. The Morgan fingerprint density at radius 2 is 2.21 bits per heavy atom. The van der Waals surface area contributed by atoms with Gasteiger partial charge in [0.25, 0.3) is 0 Å². The second kappa shape index (κ2) is 6.92. The Bertz CT molecular complexity index is 430. The number of hydrogen-bond donors (Lipinski definition) is 2. The minimum Gasteiger partial charge on any atom is -0.353 e. The molecule has 0 aromatic heterocycles. The normalized spacial score (nSPS) is 15.6. The van der Waals surface area contributed by atoms with Crippen LogP contribution in [-0.2, 0) is 11.2 Å². The average Bonchev–Trinajstić information content (AvgIpc) is 2.37. The van der Waals surface area contributed by atoms with E-state index < -0.39 is 5.41 Å². The van der Waals surface area contributed by atoms with Crippen LogP contribution in [0.1, 0.15) is 32.8 Å². The predicted molar refractivity (Wildman–Crippen MR) is 80.2 cm³/mol. The third-order valence-corrected chi connectivity index (χ3v) is 3.82. The van der Waals surface area contributed by atoms with Crippen molar-refractivity contribution in [1.29, 1.82) is 0 Å². The van der Waals surface area contributed by atoms with Crippen LogP contribution in [0.2, 0.25) is 5.02 Å². The molecule has 0 fully saturated rings. The summed E-state index contributed by atoms with van der Waals surface area (Å²) in [5.41, 5.74) is 6.32. The van der Waals surface area contributed by atoms with Gasteiger partial charge in [-0.2, -0.15) is 0 Å². The summed E-state index contributed by atoms with van der Waals surface area (Å²) in [7, 11) is 0. The zero-order chi connectivity index (χ0) is 14.5. The molecule has 0 aliphatic rings. The molecular formula is C15H23ClN2O. The molecule has 0 spiro atoms. The highest BCUT2D eigenvalue weighted by atomic mass is 35.5. The van der Waals surface area contributed by atoms with E-state index in [1.165, 1.54) is 0 Å². The molecule has 0 bridgehead atoms. The smallest absolute Gasteiger partial charge is 0.227 e. The summed E-state index contributed by atoms with van der Waals surface area (Å²) in [6.07, 6.45) is 1.50. The van der Waals surface area contributed by atoms with Gasteiger partial charge in [-0.25, -0.2) is 0 Å². The van der Waals surface area contributed by atoms with Crippen molar-refractivity contribution in [2.24, 2.45) is 11.1 Å². The second-order valence-electron chi connectivity index (χ2n) is 5.33. The highest BCUT2D eigenvalue weighted by Crippen LogP contribution is 2.20. The lowest BCUT2D eigenvalue weighted by molar-refractivity contribution is -0.130. The van der Waals surface area contributed by atoms with Gasteiger partial charge in [-0.1, -0.05) is 30.7 Å². The van der Waals surface area contributed by atoms with Crippen LogP contribution in [0.5, 0.6) is 0 Å². The second-order valence-corrected chi connectivity index (χ2v) is 5.76. The van der Waals surface area contributed by atoms with Crippen molar-refractivity contribution in [3.63, 3.8) is 0 Å². The summed E-state index contributed by atoms with van der Waals surface area (Å²) in [5, 5.41) is 3.75. The highest BCUT2D eigenvalue weighted by Gasteiger charge is 2.30. The van der Waals surface area contributed by atoms with Crippen LogP contribution in [0.25, 0.3) is 0 Å². The topological polar surface area (TPSA) is 55.1 Å². The highest BCUT2D eigenvalue weighted by molar-refractivity contribution is 6.30. The molecular weight excluding hydrogens is 260 g/mol. The molecule has 2 atom stereocenters. The van der Waals surface area contributed by atoms with E-state index in [0.29, 0.717) is 6.54 Å². The van der Waals surface area contributed by atoms with Gasteiger partial charge in [-0.3, -0.25) is 4.79 Å². The Balaban J connectivity index is 2.60. The Morgan fingerprint density at radius 1 is 1.53 bits per heavy atom. The van der Waals surface area contributed by atoms with E-state index in [4.69, 9.17) is 17.3 Å².